The molecule has 0 fully saturated rings. The third kappa shape index (κ3) is 2.97. The minimum atomic E-state index is 0.180. The smallest absolute Gasteiger partial charge is 0.224 e. The van der Waals surface area contributed by atoms with Crippen molar-refractivity contribution >= 4 is 5.91 Å². The summed E-state index contributed by atoms with van der Waals surface area (Å²) < 4.78 is 5.62. The van der Waals surface area contributed by atoms with Crippen molar-refractivity contribution in [3.63, 3.8) is 0 Å². The molecule has 0 aliphatic carbocycles. The van der Waals surface area contributed by atoms with E-state index in [1.807, 2.05) is 36.2 Å². The summed E-state index contributed by atoms with van der Waals surface area (Å²) in [5, 5.41) is 2.99. The number of hydrogen-bond acceptors (Lipinski definition) is 3. The molecule has 0 atom stereocenters. The van der Waals surface area contributed by atoms with E-state index in [0.717, 1.165) is 17.9 Å². The Balaban J connectivity index is 2.05. The first-order valence-electron chi connectivity index (χ1n) is 5.94. The molecule has 0 aromatic heterocycles. The lowest BCUT2D eigenvalue weighted by Crippen LogP contribution is -2.34. The van der Waals surface area contributed by atoms with E-state index >= 15 is 0 Å². The average molecular weight is 234 g/mol. The molecule has 92 valence electrons. The van der Waals surface area contributed by atoms with Crippen LogP contribution in [0.3, 0.4) is 0 Å². The van der Waals surface area contributed by atoms with Gasteiger partial charge in [-0.2, -0.15) is 0 Å². The fraction of sp³-hybridized carbons (Fsp3) is 0.462. The minimum absolute atomic E-state index is 0.180. The minimum Gasteiger partial charge on any atom is -0.491 e. The van der Waals surface area contributed by atoms with Crippen LogP contribution < -0.4 is 10.1 Å². The molecule has 1 heterocycles. The Kier molecular flexibility index (Phi) is 3.98. The van der Waals surface area contributed by atoms with E-state index in [4.69, 9.17) is 4.74 Å². The van der Waals surface area contributed by atoms with Gasteiger partial charge in [-0.1, -0.05) is 18.2 Å². The molecule has 0 bridgehead atoms. The zero-order valence-electron chi connectivity index (χ0n) is 10.1. The van der Waals surface area contributed by atoms with Crippen LogP contribution in [0.25, 0.3) is 0 Å². The lowest BCUT2D eigenvalue weighted by Gasteiger charge is -2.19. The Hall–Kier alpha value is -1.55. The predicted octanol–water partition coefficient (Wildman–Crippen LogP) is 1.02. The molecule has 4 nitrogen and oxygen atoms in total. The van der Waals surface area contributed by atoms with Crippen LogP contribution in [0, 0.1) is 0 Å². The first-order valence-corrected chi connectivity index (χ1v) is 5.94. The normalized spacial score (nSPS) is 14.8. The summed E-state index contributed by atoms with van der Waals surface area (Å²) in [5.74, 6) is 1.08. The molecular weight excluding hydrogens is 216 g/mol. The maximum absolute atomic E-state index is 11.9. The number of hydrogen-bond donors (Lipinski definition) is 1. The third-order valence-corrected chi connectivity index (χ3v) is 2.89. The Morgan fingerprint density at radius 2 is 2.29 bits per heavy atom. The van der Waals surface area contributed by atoms with Gasteiger partial charge in [-0.25, -0.2) is 0 Å². The summed E-state index contributed by atoms with van der Waals surface area (Å²) in [5.41, 5.74) is 1.09. The van der Waals surface area contributed by atoms with E-state index in [0.29, 0.717) is 26.1 Å². The van der Waals surface area contributed by atoms with Gasteiger partial charge < -0.3 is 15.0 Å². The number of amides is 1. The third-order valence-electron chi connectivity index (χ3n) is 2.89. The van der Waals surface area contributed by atoms with Crippen LogP contribution in [0.15, 0.2) is 24.3 Å². The van der Waals surface area contributed by atoms with Gasteiger partial charge in [0.05, 0.1) is 6.54 Å². The molecule has 0 unspecified atom stereocenters. The Morgan fingerprint density at radius 1 is 1.47 bits per heavy atom. The van der Waals surface area contributed by atoms with E-state index in [-0.39, 0.29) is 5.91 Å². The number of nitrogens with zero attached hydrogens (tertiary/aromatic N) is 1. The van der Waals surface area contributed by atoms with Gasteiger partial charge in [-0.15, -0.1) is 0 Å². The molecule has 2 rings (SSSR count). The molecule has 0 radical (unpaired) electrons. The van der Waals surface area contributed by atoms with Gasteiger partial charge in [-0.3, -0.25) is 4.79 Å². The van der Waals surface area contributed by atoms with Crippen LogP contribution in [0.1, 0.15) is 12.0 Å². The zero-order chi connectivity index (χ0) is 12.1. The highest BCUT2D eigenvalue weighted by molar-refractivity contribution is 5.76. The van der Waals surface area contributed by atoms with Crippen molar-refractivity contribution in [1.29, 1.82) is 0 Å². The van der Waals surface area contributed by atoms with Crippen molar-refractivity contribution < 1.29 is 9.53 Å². The van der Waals surface area contributed by atoms with Gasteiger partial charge in [0.15, 0.2) is 0 Å². The van der Waals surface area contributed by atoms with Crippen molar-refractivity contribution in [3.8, 4) is 5.75 Å². The van der Waals surface area contributed by atoms with Crippen LogP contribution >= 0.6 is 0 Å². The van der Waals surface area contributed by atoms with Crippen molar-refractivity contribution in [1.82, 2.24) is 10.2 Å². The number of nitrogens with one attached hydrogen (secondary N) is 1. The summed E-state index contributed by atoms with van der Waals surface area (Å²) in [7, 11) is 1.86. The van der Waals surface area contributed by atoms with Crippen LogP contribution in [-0.4, -0.2) is 37.6 Å². The molecule has 1 aliphatic heterocycles. The fourth-order valence-electron chi connectivity index (χ4n) is 1.93. The number of rotatable bonds is 3. The number of ether oxygens (including phenoxy) is 1. The summed E-state index contributed by atoms with van der Waals surface area (Å²) >= 11 is 0. The van der Waals surface area contributed by atoms with E-state index in [1.54, 1.807) is 0 Å². The quantitative estimate of drug-likeness (QED) is 0.849. The largest absolute Gasteiger partial charge is 0.491 e. The Morgan fingerprint density at radius 3 is 3.12 bits per heavy atom. The molecule has 4 heteroatoms. The second-order valence-electron chi connectivity index (χ2n) is 4.13. The van der Waals surface area contributed by atoms with Crippen molar-refractivity contribution in [2.45, 2.75) is 13.0 Å². The molecule has 0 spiro atoms. The molecule has 0 saturated carbocycles. The molecule has 17 heavy (non-hydrogen) atoms. The highest BCUT2D eigenvalue weighted by Gasteiger charge is 2.18. The van der Waals surface area contributed by atoms with Gasteiger partial charge in [0.25, 0.3) is 0 Å². The van der Waals surface area contributed by atoms with Crippen LogP contribution in [-0.2, 0) is 11.3 Å². The number of fused-ring (bicyclic) bond motifs is 1. The van der Waals surface area contributed by atoms with Crippen LogP contribution in [0.5, 0.6) is 5.75 Å². The van der Waals surface area contributed by atoms with Gasteiger partial charge in [0, 0.05) is 25.1 Å². The Labute approximate surface area is 102 Å². The van der Waals surface area contributed by atoms with E-state index in [1.165, 1.54) is 0 Å². The second-order valence-corrected chi connectivity index (χ2v) is 4.13. The van der Waals surface area contributed by atoms with Crippen molar-refractivity contribution in [2.75, 3.05) is 26.7 Å². The summed E-state index contributed by atoms with van der Waals surface area (Å²) in [6.45, 7) is 2.61. The zero-order valence-corrected chi connectivity index (χ0v) is 10.1. The molecule has 1 aliphatic rings. The molecule has 1 aromatic rings. The lowest BCUT2D eigenvalue weighted by atomic mass is 10.2. The molecule has 1 amide bonds. The molecular formula is C13H18N2O2. The average Bonchev–Trinajstić information content (AvgIpc) is 2.58. The number of benzene rings is 1. The maximum atomic E-state index is 11.9. The number of carbonyl (C=O) groups is 1. The van der Waals surface area contributed by atoms with Crippen LogP contribution in [0.2, 0.25) is 0 Å². The van der Waals surface area contributed by atoms with Gasteiger partial charge in [-0.05, 0) is 13.1 Å². The van der Waals surface area contributed by atoms with Crippen molar-refractivity contribution in [2.24, 2.45) is 0 Å². The standard InChI is InChI=1S/C13H18N2O2/c1-14-7-6-13(16)15-8-9-17-12-5-3-2-4-11(12)10-15/h2-5,14H,6-10H2,1H3. The lowest BCUT2D eigenvalue weighted by molar-refractivity contribution is -0.131. The molecule has 1 N–H and O–H groups in total. The predicted molar refractivity (Wildman–Crippen MR) is 65.9 cm³/mol. The van der Waals surface area contributed by atoms with Crippen LogP contribution in [0.4, 0.5) is 0 Å². The summed E-state index contributed by atoms with van der Waals surface area (Å²) in [4.78, 5) is 13.8. The number of para-hydroxylation sites is 1. The van der Waals surface area contributed by atoms with Gasteiger partial charge >= 0.3 is 0 Å². The molecule has 1 aromatic carbocycles. The summed E-state index contributed by atoms with van der Waals surface area (Å²) in [6, 6.07) is 7.90. The fourth-order valence-corrected chi connectivity index (χ4v) is 1.93. The summed E-state index contributed by atoms with van der Waals surface area (Å²) in [6.07, 6.45) is 0.540. The monoisotopic (exact) mass is 234 g/mol. The van der Waals surface area contributed by atoms with Gasteiger partial charge in [0.1, 0.15) is 12.4 Å². The first-order chi connectivity index (χ1) is 8.31. The first kappa shape index (κ1) is 11.9. The number of carbonyl (C=O) groups excluding carboxylic acids is 1. The van der Waals surface area contributed by atoms with E-state index < -0.39 is 0 Å². The topological polar surface area (TPSA) is 41.6 Å². The highest BCUT2D eigenvalue weighted by atomic mass is 16.5. The van der Waals surface area contributed by atoms with Crippen molar-refractivity contribution in [3.05, 3.63) is 29.8 Å². The molecule has 0 saturated heterocycles. The SMILES string of the molecule is CNCCC(=O)N1CCOc2ccccc2C1. The maximum Gasteiger partial charge on any atom is 0.224 e. The van der Waals surface area contributed by atoms with Gasteiger partial charge in [0.2, 0.25) is 5.91 Å². The van der Waals surface area contributed by atoms with E-state index in [9.17, 15) is 4.79 Å². The van der Waals surface area contributed by atoms with E-state index in [2.05, 4.69) is 5.32 Å². The highest BCUT2D eigenvalue weighted by Crippen LogP contribution is 2.22. The second kappa shape index (κ2) is 5.68. The Bertz CT molecular complexity index is 393.